The largest absolute Gasteiger partial charge is 0.383 e. The number of sulfone groups is 1. The predicted molar refractivity (Wildman–Crippen MR) is 74.3 cm³/mol. The first kappa shape index (κ1) is 17.1. The van der Waals surface area contributed by atoms with E-state index in [9.17, 15) is 17.2 Å². The first-order valence-corrected chi connectivity index (χ1v) is 7.93. The molecular weight excluding hydrogens is 312 g/mol. The molecule has 0 aliphatic carbocycles. The van der Waals surface area contributed by atoms with Crippen molar-refractivity contribution < 1.29 is 21.9 Å². The van der Waals surface area contributed by atoms with Gasteiger partial charge in [0.1, 0.15) is 0 Å². The second-order valence-corrected chi connectivity index (χ2v) is 6.40. The van der Waals surface area contributed by atoms with Gasteiger partial charge in [0.05, 0.1) is 17.5 Å². The molecule has 0 aromatic heterocycles. The topological polar surface area (TPSA) is 55.4 Å². The fourth-order valence-corrected chi connectivity index (χ4v) is 2.59. The smallest absolute Gasteiger partial charge is 0.341 e. The van der Waals surface area contributed by atoms with Crippen LogP contribution in [-0.4, -0.2) is 39.8 Å². The molecule has 1 atom stereocenters. The molecule has 0 aliphatic rings. The highest BCUT2D eigenvalue weighted by atomic mass is 35.5. The summed E-state index contributed by atoms with van der Waals surface area (Å²) >= 11 is 5.66. The molecule has 0 saturated heterocycles. The number of hydrogen-bond donors (Lipinski definition) is 1. The summed E-state index contributed by atoms with van der Waals surface area (Å²) in [5, 5.41) is 3.10. The number of benzene rings is 1. The van der Waals surface area contributed by atoms with Crippen LogP contribution in [0, 0.1) is 0 Å². The Kier molecular flexibility index (Phi) is 6.64. The lowest BCUT2D eigenvalue weighted by molar-refractivity contribution is 0.184. The molecule has 114 valence electrons. The monoisotopic (exact) mass is 327 g/mol. The Labute approximate surface area is 122 Å². The van der Waals surface area contributed by atoms with Crippen LogP contribution in [0.2, 0.25) is 0 Å². The van der Waals surface area contributed by atoms with Crippen molar-refractivity contribution in [1.82, 2.24) is 0 Å². The minimum atomic E-state index is -4.55. The first-order chi connectivity index (χ1) is 9.41. The fraction of sp³-hybridized carbons (Fsp3) is 0.500. The van der Waals surface area contributed by atoms with E-state index in [0.717, 1.165) is 12.1 Å². The van der Waals surface area contributed by atoms with E-state index in [1.165, 1.54) is 12.1 Å². The maximum atomic E-state index is 12.4. The van der Waals surface area contributed by atoms with Crippen LogP contribution in [-0.2, 0) is 14.6 Å². The molecule has 1 rings (SSSR count). The maximum absolute atomic E-state index is 12.4. The molecule has 1 unspecified atom stereocenters. The van der Waals surface area contributed by atoms with E-state index in [4.69, 9.17) is 16.3 Å². The van der Waals surface area contributed by atoms with E-state index in [1.807, 2.05) is 0 Å². The SMILES string of the molecule is COCC(CCCl)Nc1ccc(S(=O)(=O)C(F)F)cc1. The van der Waals surface area contributed by atoms with Gasteiger partial charge < -0.3 is 10.1 Å². The number of hydrogen-bond acceptors (Lipinski definition) is 4. The Balaban J connectivity index is 2.81. The summed E-state index contributed by atoms with van der Waals surface area (Å²) < 4.78 is 52.3. The van der Waals surface area contributed by atoms with E-state index in [2.05, 4.69) is 5.32 Å². The molecule has 4 nitrogen and oxygen atoms in total. The van der Waals surface area contributed by atoms with Crippen LogP contribution in [0.1, 0.15) is 6.42 Å². The predicted octanol–water partition coefficient (Wildman–Crippen LogP) is 2.74. The summed E-state index contributed by atoms with van der Waals surface area (Å²) in [6.45, 7) is 0.434. The van der Waals surface area contributed by atoms with E-state index in [1.54, 1.807) is 7.11 Å². The first-order valence-electron chi connectivity index (χ1n) is 5.85. The third-order valence-electron chi connectivity index (χ3n) is 2.61. The Morgan fingerprint density at radius 1 is 1.30 bits per heavy atom. The summed E-state index contributed by atoms with van der Waals surface area (Å²) in [6.07, 6.45) is 0.659. The lowest BCUT2D eigenvalue weighted by atomic mass is 10.2. The third-order valence-corrected chi connectivity index (χ3v) is 4.23. The quantitative estimate of drug-likeness (QED) is 0.746. The summed E-state index contributed by atoms with van der Waals surface area (Å²) in [4.78, 5) is -0.404. The van der Waals surface area contributed by atoms with Crippen molar-refractivity contribution in [2.24, 2.45) is 0 Å². The van der Waals surface area contributed by atoms with Crippen LogP contribution in [0.5, 0.6) is 0 Å². The van der Waals surface area contributed by atoms with Gasteiger partial charge in [-0.2, -0.15) is 8.78 Å². The average molecular weight is 328 g/mol. The van der Waals surface area contributed by atoms with Crippen molar-refractivity contribution in [3.63, 3.8) is 0 Å². The lowest BCUT2D eigenvalue weighted by Gasteiger charge is -2.18. The van der Waals surface area contributed by atoms with Crippen molar-refractivity contribution in [2.75, 3.05) is 24.9 Å². The van der Waals surface area contributed by atoms with E-state index < -0.39 is 20.5 Å². The molecule has 0 aliphatic heterocycles. The average Bonchev–Trinajstić information content (AvgIpc) is 2.39. The summed E-state index contributed by atoms with van der Waals surface area (Å²) in [5.74, 6) is -2.97. The Morgan fingerprint density at radius 2 is 1.90 bits per heavy atom. The van der Waals surface area contributed by atoms with Gasteiger partial charge in [0.25, 0.3) is 0 Å². The van der Waals surface area contributed by atoms with Gasteiger partial charge in [-0.25, -0.2) is 8.42 Å². The zero-order valence-electron chi connectivity index (χ0n) is 10.9. The van der Waals surface area contributed by atoms with E-state index in [0.29, 0.717) is 24.6 Å². The number of ether oxygens (including phenoxy) is 1. The van der Waals surface area contributed by atoms with Crippen LogP contribution in [0.3, 0.4) is 0 Å². The van der Waals surface area contributed by atoms with Crippen molar-refractivity contribution in [3.8, 4) is 0 Å². The number of rotatable bonds is 8. The van der Waals surface area contributed by atoms with Crippen LogP contribution in [0.4, 0.5) is 14.5 Å². The summed E-state index contributed by atoms with van der Waals surface area (Å²) in [7, 11) is -2.99. The fourth-order valence-electron chi connectivity index (χ4n) is 1.61. The minimum absolute atomic E-state index is 0.0324. The van der Waals surface area contributed by atoms with Crippen molar-refractivity contribution in [2.45, 2.75) is 23.1 Å². The maximum Gasteiger partial charge on any atom is 0.341 e. The summed E-state index contributed by atoms with van der Waals surface area (Å²) in [6, 6.07) is 5.14. The lowest BCUT2D eigenvalue weighted by Crippen LogP contribution is -2.25. The zero-order valence-corrected chi connectivity index (χ0v) is 12.4. The van der Waals surface area contributed by atoms with Crippen LogP contribution < -0.4 is 5.32 Å². The molecule has 0 fully saturated rings. The van der Waals surface area contributed by atoms with Gasteiger partial charge >= 0.3 is 5.76 Å². The highest BCUT2D eigenvalue weighted by Gasteiger charge is 2.26. The Bertz CT molecular complexity index is 502. The molecule has 1 aromatic rings. The number of nitrogens with one attached hydrogen (secondary N) is 1. The molecule has 8 heteroatoms. The van der Waals surface area contributed by atoms with Gasteiger partial charge in [0, 0.05) is 18.7 Å². The van der Waals surface area contributed by atoms with E-state index in [-0.39, 0.29) is 6.04 Å². The second kappa shape index (κ2) is 7.75. The standard InChI is InChI=1S/C12H16ClF2NO3S/c1-19-8-10(6-7-13)16-9-2-4-11(5-3-9)20(17,18)12(14)15/h2-5,10,12,16H,6-8H2,1H3. The molecule has 0 saturated carbocycles. The molecule has 20 heavy (non-hydrogen) atoms. The van der Waals surface area contributed by atoms with Crippen molar-refractivity contribution >= 4 is 27.1 Å². The van der Waals surface area contributed by atoms with Gasteiger partial charge in [0.15, 0.2) is 0 Å². The number of anilines is 1. The van der Waals surface area contributed by atoms with Crippen molar-refractivity contribution in [3.05, 3.63) is 24.3 Å². The molecule has 0 amide bonds. The molecule has 0 spiro atoms. The number of halogens is 3. The van der Waals surface area contributed by atoms with Crippen LogP contribution >= 0.6 is 11.6 Å². The van der Waals surface area contributed by atoms with Gasteiger partial charge in [-0.05, 0) is 30.7 Å². The Hall–Kier alpha value is -0.920. The molecule has 1 N–H and O–H groups in total. The van der Waals surface area contributed by atoms with Gasteiger partial charge in [-0.1, -0.05) is 0 Å². The van der Waals surface area contributed by atoms with E-state index >= 15 is 0 Å². The summed E-state index contributed by atoms with van der Waals surface area (Å²) in [5.41, 5.74) is 0.616. The molecule has 0 radical (unpaired) electrons. The molecular formula is C12H16ClF2NO3S. The molecule has 0 heterocycles. The molecule has 0 bridgehead atoms. The van der Waals surface area contributed by atoms with Gasteiger partial charge in [0.2, 0.25) is 9.84 Å². The zero-order chi connectivity index (χ0) is 15.2. The van der Waals surface area contributed by atoms with Gasteiger partial charge in [-0.3, -0.25) is 0 Å². The second-order valence-electron chi connectivity index (χ2n) is 4.10. The normalized spacial score (nSPS) is 13.4. The van der Waals surface area contributed by atoms with Crippen LogP contribution in [0.25, 0.3) is 0 Å². The minimum Gasteiger partial charge on any atom is -0.383 e. The van der Waals surface area contributed by atoms with Gasteiger partial charge in [-0.15, -0.1) is 11.6 Å². The van der Waals surface area contributed by atoms with Crippen molar-refractivity contribution in [1.29, 1.82) is 0 Å². The Morgan fingerprint density at radius 3 is 2.35 bits per heavy atom. The number of alkyl halides is 3. The molecule has 1 aromatic carbocycles. The number of methoxy groups -OCH3 is 1. The van der Waals surface area contributed by atoms with Crippen LogP contribution in [0.15, 0.2) is 29.2 Å². The third kappa shape index (κ3) is 4.57. The highest BCUT2D eigenvalue weighted by molar-refractivity contribution is 7.91. The highest BCUT2D eigenvalue weighted by Crippen LogP contribution is 2.20.